The normalized spacial score (nSPS) is 11.8. The molecule has 0 saturated carbocycles. The van der Waals surface area contributed by atoms with Crippen molar-refractivity contribution in [3.05, 3.63) is 124 Å². The molecule has 0 spiro atoms. The van der Waals surface area contributed by atoms with E-state index in [4.69, 9.17) is 27.9 Å². The van der Waals surface area contributed by atoms with Crippen molar-refractivity contribution in [2.75, 3.05) is 24.5 Å². The molecule has 4 aromatic rings. The Bertz CT molecular complexity index is 1710. The van der Waals surface area contributed by atoms with Gasteiger partial charge >= 0.3 is 0 Å². The summed E-state index contributed by atoms with van der Waals surface area (Å²) in [6, 6.07) is 26.1. The van der Waals surface area contributed by atoms with E-state index in [2.05, 4.69) is 5.32 Å². The second kappa shape index (κ2) is 15.3. The maximum atomic E-state index is 14.5. The quantitative estimate of drug-likeness (QED) is 0.181. The van der Waals surface area contributed by atoms with Crippen molar-refractivity contribution in [2.45, 2.75) is 37.8 Å². The highest BCUT2D eigenvalue weighted by Gasteiger charge is 2.35. The molecular formula is C34H35Cl2N3O5S. The fourth-order valence-electron chi connectivity index (χ4n) is 4.83. The van der Waals surface area contributed by atoms with Crippen LogP contribution in [0.15, 0.2) is 102 Å². The van der Waals surface area contributed by atoms with Crippen LogP contribution < -0.4 is 14.4 Å². The molecule has 4 aromatic carbocycles. The van der Waals surface area contributed by atoms with Gasteiger partial charge in [0.05, 0.1) is 17.7 Å². The fraction of sp³-hybridized carbons (Fsp3) is 0.235. The van der Waals surface area contributed by atoms with Gasteiger partial charge in [0.2, 0.25) is 11.8 Å². The average molecular weight is 669 g/mol. The lowest BCUT2D eigenvalue weighted by Gasteiger charge is -2.34. The summed E-state index contributed by atoms with van der Waals surface area (Å²) in [6.07, 6.45) is 0.171. The van der Waals surface area contributed by atoms with Gasteiger partial charge in [-0.1, -0.05) is 83.4 Å². The lowest BCUT2D eigenvalue weighted by Crippen LogP contribution is -2.53. The first-order chi connectivity index (χ1) is 21.5. The number of halogens is 2. The van der Waals surface area contributed by atoms with Gasteiger partial charge in [-0.05, 0) is 55.8 Å². The van der Waals surface area contributed by atoms with Gasteiger partial charge in [0.1, 0.15) is 18.3 Å². The van der Waals surface area contributed by atoms with E-state index in [0.717, 1.165) is 15.4 Å². The lowest BCUT2D eigenvalue weighted by atomic mass is 10.0. The summed E-state index contributed by atoms with van der Waals surface area (Å²) in [4.78, 5) is 29.5. The predicted molar refractivity (Wildman–Crippen MR) is 178 cm³/mol. The number of carbonyl (C=O) groups is 2. The molecule has 0 aliphatic carbocycles. The summed E-state index contributed by atoms with van der Waals surface area (Å²) < 4.78 is 34.7. The van der Waals surface area contributed by atoms with Crippen molar-refractivity contribution in [3.8, 4) is 5.75 Å². The molecule has 8 nitrogen and oxygen atoms in total. The molecule has 0 bridgehead atoms. The zero-order valence-corrected chi connectivity index (χ0v) is 27.6. The molecule has 0 heterocycles. The van der Waals surface area contributed by atoms with Crippen molar-refractivity contribution < 1.29 is 22.7 Å². The number of amides is 2. The van der Waals surface area contributed by atoms with Crippen LogP contribution in [0.2, 0.25) is 10.0 Å². The van der Waals surface area contributed by atoms with Crippen molar-refractivity contribution in [1.29, 1.82) is 0 Å². The molecule has 0 saturated heterocycles. The molecule has 236 valence electrons. The van der Waals surface area contributed by atoms with E-state index >= 15 is 0 Å². The highest BCUT2D eigenvalue weighted by atomic mass is 35.5. The third kappa shape index (κ3) is 8.36. The summed E-state index contributed by atoms with van der Waals surface area (Å²) in [5.41, 5.74) is 2.35. The SMILES string of the molecule is CCNC(=O)[C@@H](Cc1ccccc1)N(Cc1c(Cl)cccc1Cl)C(=O)CN(c1cccc(OC)c1)S(=O)(=O)c1ccc(C)cc1. The number of benzene rings is 4. The Hall–Kier alpha value is -4.05. The summed E-state index contributed by atoms with van der Waals surface area (Å²) in [7, 11) is -2.78. The number of aryl methyl sites for hydroxylation is 1. The number of hydrogen-bond donors (Lipinski definition) is 1. The minimum absolute atomic E-state index is 0.00831. The number of nitrogens with zero attached hydrogens (tertiary/aromatic N) is 2. The van der Waals surface area contributed by atoms with E-state index in [1.807, 2.05) is 37.3 Å². The number of sulfonamides is 1. The number of likely N-dealkylation sites (N-methyl/N-ethyl adjacent to an activating group) is 1. The van der Waals surface area contributed by atoms with Crippen molar-refractivity contribution in [3.63, 3.8) is 0 Å². The number of hydrogen-bond acceptors (Lipinski definition) is 5. The molecular weight excluding hydrogens is 633 g/mol. The molecule has 0 fully saturated rings. The topological polar surface area (TPSA) is 96.0 Å². The third-order valence-corrected chi connectivity index (χ3v) is 9.74. The van der Waals surface area contributed by atoms with E-state index in [1.54, 1.807) is 61.5 Å². The second-order valence-electron chi connectivity index (χ2n) is 10.3. The summed E-state index contributed by atoms with van der Waals surface area (Å²) in [6.45, 7) is 3.22. The minimum atomic E-state index is -4.25. The van der Waals surface area contributed by atoms with Gasteiger partial charge in [0.15, 0.2) is 0 Å². The van der Waals surface area contributed by atoms with E-state index in [-0.39, 0.29) is 23.5 Å². The molecule has 0 radical (unpaired) electrons. The summed E-state index contributed by atoms with van der Waals surface area (Å²) in [5.74, 6) is -0.614. The highest BCUT2D eigenvalue weighted by Crippen LogP contribution is 2.30. The summed E-state index contributed by atoms with van der Waals surface area (Å²) >= 11 is 13.1. The molecule has 4 rings (SSSR count). The third-order valence-electron chi connectivity index (χ3n) is 7.24. The van der Waals surface area contributed by atoms with Crippen molar-refractivity contribution in [2.24, 2.45) is 0 Å². The van der Waals surface area contributed by atoms with Crippen LogP contribution in [-0.2, 0) is 32.6 Å². The Kier molecular flexibility index (Phi) is 11.5. The monoisotopic (exact) mass is 667 g/mol. The Morgan fingerprint density at radius 3 is 2.16 bits per heavy atom. The number of carbonyl (C=O) groups excluding carboxylic acids is 2. The predicted octanol–water partition coefficient (Wildman–Crippen LogP) is 6.28. The molecule has 0 aliphatic heterocycles. The molecule has 2 amide bonds. The van der Waals surface area contributed by atoms with Gasteiger partial charge in [0, 0.05) is 41.2 Å². The van der Waals surface area contributed by atoms with Crippen LogP contribution in [0, 0.1) is 6.92 Å². The standard InChI is InChI=1S/C34H35Cl2N3O5S/c1-4-37-34(41)32(20-25-10-6-5-7-11-25)38(22-29-30(35)14-9-15-31(29)36)33(40)23-39(26-12-8-13-27(21-26)44-3)45(42,43)28-18-16-24(2)17-19-28/h5-19,21,32H,4,20,22-23H2,1-3H3,(H,37,41)/t32-/m1/s1. The van der Waals surface area contributed by atoms with E-state index in [9.17, 15) is 18.0 Å². The Labute approximate surface area is 274 Å². The largest absolute Gasteiger partial charge is 0.497 e. The number of ether oxygens (including phenoxy) is 1. The first-order valence-corrected chi connectivity index (χ1v) is 16.5. The van der Waals surface area contributed by atoms with Gasteiger partial charge in [-0.2, -0.15) is 0 Å². The molecule has 1 atom stereocenters. The van der Waals surface area contributed by atoms with Crippen LogP contribution in [0.1, 0.15) is 23.6 Å². The Balaban J connectivity index is 1.84. The summed E-state index contributed by atoms with van der Waals surface area (Å²) in [5, 5.41) is 3.45. The molecule has 0 aromatic heterocycles. The van der Waals surface area contributed by atoms with Gasteiger partial charge in [-0.15, -0.1) is 0 Å². The number of methoxy groups -OCH3 is 1. The second-order valence-corrected chi connectivity index (χ2v) is 13.0. The van der Waals surface area contributed by atoms with Crippen LogP contribution in [0.4, 0.5) is 5.69 Å². The molecule has 1 N–H and O–H groups in total. The lowest BCUT2D eigenvalue weighted by molar-refractivity contribution is -0.140. The maximum absolute atomic E-state index is 14.5. The highest BCUT2D eigenvalue weighted by molar-refractivity contribution is 7.92. The van der Waals surface area contributed by atoms with Gasteiger partial charge in [-0.25, -0.2) is 8.42 Å². The van der Waals surface area contributed by atoms with Crippen LogP contribution in [-0.4, -0.2) is 51.4 Å². The number of rotatable bonds is 13. The molecule has 0 aliphatic rings. The van der Waals surface area contributed by atoms with Gasteiger partial charge in [-0.3, -0.25) is 13.9 Å². The van der Waals surface area contributed by atoms with Crippen molar-refractivity contribution in [1.82, 2.24) is 10.2 Å². The minimum Gasteiger partial charge on any atom is -0.497 e. The first-order valence-electron chi connectivity index (χ1n) is 14.3. The molecule has 11 heteroatoms. The van der Waals surface area contributed by atoms with Crippen LogP contribution >= 0.6 is 23.2 Å². The van der Waals surface area contributed by atoms with Crippen LogP contribution in [0.5, 0.6) is 5.75 Å². The average Bonchev–Trinajstić information content (AvgIpc) is 3.03. The maximum Gasteiger partial charge on any atom is 0.264 e. The number of nitrogens with one attached hydrogen (secondary N) is 1. The zero-order valence-electron chi connectivity index (χ0n) is 25.2. The number of anilines is 1. The van der Waals surface area contributed by atoms with Gasteiger partial charge < -0.3 is 15.0 Å². The molecule has 45 heavy (non-hydrogen) atoms. The fourth-order valence-corrected chi connectivity index (χ4v) is 6.75. The van der Waals surface area contributed by atoms with E-state index < -0.39 is 34.4 Å². The van der Waals surface area contributed by atoms with E-state index in [0.29, 0.717) is 27.9 Å². The van der Waals surface area contributed by atoms with Gasteiger partial charge in [0.25, 0.3) is 10.0 Å². The van der Waals surface area contributed by atoms with Crippen LogP contribution in [0.3, 0.4) is 0 Å². The smallest absolute Gasteiger partial charge is 0.264 e. The zero-order chi connectivity index (χ0) is 32.6. The molecule has 0 unspecified atom stereocenters. The van der Waals surface area contributed by atoms with Crippen molar-refractivity contribution >= 4 is 50.7 Å². The Morgan fingerprint density at radius 1 is 0.889 bits per heavy atom. The van der Waals surface area contributed by atoms with Crippen LogP contribution in [0.25, 0.3) is 0 Å². The Morgan fingerprint density at radius 2 is 1.53 bits per heavy atom. The first kappa shape index (κ1) is 33.8. The van der Waals surface area contributed by atoms with E-state index in [1.165, 1.54) is 24.1 Å².